The van der Waals surface area contributed by atoms with Crippen LogP contribution in [-0.4, -0.2) is 9.97 Å². The molecule has 0 atom stereocenters. The molecule has 10 heavy (non-hydrogen) atoms. The fraction of sp³-hybridized carbons (Fsp3) is 0. The highest BCUT2D eigenvalue weighted by atomic mass is 19.2. The minimum atomic E-state index is -1.35. The molecular weight excluding hydrogens is 140 g/mol. The van der Waals surface area contributed by atoms with Crippen molar-refractivity contribution >= 4 is 0 Å². The average Bonchev–Trinajstić information content (AvgIpc) is 1.95. The fourth-order valence-electron chi connectivity index (χ4n) is 0.406. The molecule has 0 aromatic carbocycles. The molecule has 0 aliphatic carbocycles. The number of rotatable bonds is 0. The Bertz CT molecular complexity index is 291. The largest absolute Gasteiger partial charge is 0.269 e. The van der Waals surface area contributed by atoms with E-state index in [1.165, 1.54) is 6.07 Å². The van der Waals surface area contributed by atoms with Gasteiger partial charge in [-0.15, -0.1) is 0 Å². The molecule has 0 N–H and O–H groups in total. The summed E-state index contributed by atoms with van der Waals surface area (Å²) in [6.07, 6.45) is 0.860. The highest BCUT2D eigenvalue weighted by Crippen LogP contribution is 1.97. The predicted molar refractivity (Wildman–Crippen MR) is 26.7 cm³/mol. The van der Waals surface area contributed by atoms with Gasteiger partial charge in [-0.2, -0.15) is 14.0 Å². The zero-order valence-electron chi connectivity index (χ0n) is 4.67. The second kappa shape index (κ2) is 2.35. The minimum Gasteiger partial charge on any atom is -0.221 e. The lowest BCUT2D eigenvalue weighted by molar-refractivity contribution is 0.451. The zero-order valence-corrected chi connectivity index (χ0v) is 4.67. The Kier molecular flexibility index (Phi) is 1.54. The molecule has 1 aromatic heterocycles. The van der Waals surface area contributed by atoms with E-state index in [4.69, 9.17) is 5.26 Å². The molecule has 0 aliphatic heterocycles. The topological polar surface area (TPSA) is 49.6 Å². The van der Waals surface area contributed by atoms with Crippen LogP contribution in [0.5, 0.6) is 0 Å². The number of hydrogen-bond donors (Lipinski definition) is 0. The van der Waals surface area contributed by atoms with Crippen molar-refractivity contribution in [3.63, 3.8) is 0 Å². The van der Waals surface area contributed by atoms with Gasteiger partial charge < -0.3 is 0 Å². The van der Waals surface area contributed by atoms with Gasteiger partial charge in [0.05, 0.1) is 6.20 Å². The minimum absolute atomic E-state index is 0.237. The summed E-state index contributed by atoms with van der Waals surface area (Å²) in [6.45, 7) is 0. The number of nitriles is 1. The maximum absolute atomic E-state index is 12.1. The standard InChI is InChI=1S/C5HF2N3/c6-4-5(7)10-3(1-8)2-9-4/h2H. The smallest absolute Gasteiger partial charge is 0.221 e. The van der Waals surface area contributed by atoms with Crippen molar-refractivity contribution in [2.24, 2.45) is 0 Å². The van der Waals surface area contributed by atoms with Crippen molar-refractivity contribution in [1.29, 1.82) is 5.26 Å². The van der Waals surface area contributed by atoms with Crippen LogP contribution >= 0.6 is 0 Å². The molecule has 1 rings (SSSR count). The van der Waals surface area contributed by atoms with Crippen LogP contribution in [0.2, 0.25) is 0 Å². The first-order valence-corrected chi connectivity index (χ1v) is 2.32. The van der Waals surface area contributed by atoms with Crippen molar-refractivity contribution < 1.29 is 8.78 Å². The molecule has 1 heterocycles. The fourth-order valence-corrected chi connectivity index (χ4v) is 0.406. The molecule has 0 radical (unpaired) electrons. The van der Waals surface area contributed by atoms with E-state index in [1.807, 2.05) is 0 Å². The second-order valence-corrected chi connectivity index (χ2v) is 1.45. The molecule has 5 heteroatoms. The summed E-state index contributed by atoms with van der Waals surface area (Å²) in [5, 5.41) is 8.11. The number of halogens is 2. The Morgan fingerprint density at radius 3 is 2.60 bits per heavy atom. The Labute approximate surface area is 55.0 Å². The van der Waals surface area contributed by atoms with Gasteiger partial charge in [-0.3, -0.25) is 0 Å². The van der Waals surface area contributed by atoms with Crippen LogP contribution in [0.15, 0.2) is 6.20 Å². The zero-order chi connectivity index (χ0) is 7.56. The van der Waals surface area contributed by atoms with Crippen LogP contribution in [0.4, 0.5) is 8.78 Å². The molecule has 0 unspecified atom stereocenters. The summed E-state index contributed by atoms with van der Waals surface area (Å²) < 4.78 is 24.0. The van der Waals surface area contributed by atoms with Gasteiger partial charge in [0.25, 0.3) is 11.9 Å². The average molecular weight is 141 g/mol. The predicted octanol–water partition coefficient (Wildman–Crippen LogP) is 0.626. The molecule has 50 valence electrons. The van der Waals surface area contributed by atoms with Gasteiger partial charge >= 0.3 is 0 Å². The van der Waals surface area contributed by atoms with Crippen molar-refractivity contribution in [2.75, 3.05) is 0 Å². The van der Waals surface area contributed by atoms with Gasteiger partial charge in [-0.25, -0.2) is 9.97 Å². The third-order valence-corrected chi connectivity index (χ3v) is 0.804. The Hall–Kier alpha value is -1.57. The summed E-state index contributed by atoms with van der Waals surface area (Å²) in [5.41, 5.74) is -0.237. The molecule has 0 spiro atoms. The molecule has 0 saturated carbocycles. The molecule has 1 aromatic rings. The summed E-state index contributed by atoms with van der Waals surface area (Å²) in [6, 6.07) is 1.51. The van der Waals surface area contributed by atoms with Gasteiger partial charge in [0.2, 0.25) is 0 Å². The van der Waals surface area contributed by atoms with E-state index in [-0.39, 0.29) is 5.69 Å². The summed E-state index contributed by atoms with van der Waals surface area (Å²) in [7, 11) is 0. The van der Waals surface area contributed by atoms with E-state index in [2.05, 4.69) is 9.97 Å². The van der Waals surface area contributed by atoms with Crippen molar-refractivity contribution in [2.45, 2.75) is 0 Å². The van der Waals surface area contributed by atoms with Crippen molar-refractivity contribution in [3.05, 3.63) is 23.8 Å². The lowest BCUT2D eigenvalue weighted by atomic mass is 10.5. The quantitative estimate of drug-likeness (QED) is 0.532. The Morgan fingerprint density at radius 2 is 2.10 bits per heavy atom. The highest BCUT2D eigenvalue weighted by molar-refractivity contribution is 5.14. The summed E-state index contributed by atoms with van der Waals surface area (Å²) in [5.74, 6) is -2.64. The van der Waals surface area contributed by atoms with E-state index in [9.17, 15) is 8.78 Å². The van der Waals surface area contributed by atoms with Gasteiger partial charge in [-0.1, -0.05) is 0 Å². The first kappa shape index (κ1) is 6.55. The number of aromatic nitrogens is 2. The number of hydrogen-bond acceptors (Lipinski definition) is 3. The molecular formula is C5HF2N3. The Morgan fingerprint density at radius 1 is 1.40 bits per heavy atom. The molecule has 3 nitrogen and oxygen atoms in total. The van der Waals surface area contributed by atoms with E-state index >= 15 is 0 Å². The third kappa shape index (κ3) is 1.05. The van der Waals surface area contributed by atoms with Crippen LogP contribution in [0.1, 0.15) is 5.69 Å². The third-order valence-electron chi connectivity index (χ3n) is 0.804. The van der Waals surface area contributed by atoms with Crippen molar-refractivity contribution in [3.8, 4) is 6.07 Å². The van der Waals surface area contributed by atoms with Crippen LogP contribution in [0.25, 0.3) is 0 Å². The van der Waals surface area contributed by atoms with Crippen molar-refractivity contribution in [1.82, 2.24) is 9.97 Å². The SMILES string of the molecule is N#Cc1cnc(F)c(F)n1. The first-order valence-electron chi connectivity index (χ1n) is 2.32. The van der Waals surface area contributed by atoms with Crippen LogP contribution in [0, 0.1) is 23.2 Å². The van der Waals surface area contributed by atoms with Gasteiger partial charge in [0.15, 0.2) is 5.69 Å². The van der Waals surface area contributed by atoms with E-state index < -0.39 is 11.9 Å². The van der Waals surface area contributed by atoms with Gasteiger partial charge in [-0.05, 0) is 0 Å². The molecule has 0 fully saturated rings. The van der Waals surface area contributed by atoms with E-state index in [1.54, 1.807) is 0 Å². The summed E-state index contributed by atoms with van der Waals surface area (Å²) in [4.78, 5) is 5.85. The van der Waals surface area contributed by atoms with Crippen LogP contribution in [0.3, 0.4) is 0 Å². The van der Waals surface area contributed by atoms with Crippen LogP contribution < -0.4 is 0 Å². The normalized spacial score (nSPS) is 8.90. The maximum atomic E-state index is 12.1. The van der Waals surface area contributed by atoms with Crippen LogP contribution in [-0.2, 0) is 0 Å². The monoisotopic (exact) mass is 141 g/mol. The number of nitrogens with zero attached hydrogens (tertiary/aromatic N) is 3. The lowest BCUT2D eigenvalue weighted by Gasteiger charge is -1.88. The first-order chi connectivity index (χ1) is 4.74. The second-order valence-electron chi connectivity index (χ2n) is 1.45. The molecule has 0 saturated heterocycles. The molecule has 0 aliphatic rings. The van der Waals surface area contributed by atoms with Gasteiger partial charge in [0, 0.05) is 0 Å². The van der Waals surface area contributed by atoms with E-state index in [0.29, 0.717) is 0 Å². The Balaban J connectivity index is 3.20. The van der Waals surface area contributed by atoms with E-state index in [0.717, 1.165) is 6.20 Å². The highest BCUT2D eigenvalue weighted by Gasteiger charge is 2.03. The summed E-state index contributed by atoms with van der Waals surface area (Å²) >= 11 is 0. The molecule has 0 bridgehead atoms. The van der Waals surface area contributed by atoms with Gasteiger partial charge in [0.1, 0.15) is 6.07 Å². The molecule has 0 amide bonds. The maximum Gasteiger partial charge on any atom is 0.269 e. The lowest BCUT2D eigenvalue weighted by Crippen LogP contribution is -1.95.